The van der Waals surface area contributed by atoms with E-state index in [1.165, 1.54) is 6.07 Å². The number of anilines is 1. The van der Waals surface area contributed by atoms with Crippen molar-refractivity contribution in [1.82, 2.24) is 10.6 Å². The number of imide groups is 1. The number of para-hydroxylation sites is 1. The average molecular weight is 383 g/mol. The van der Waals surface area contributed by atoms with E-state index in [4.69, 9.17) is 4.74 Å². The summed E-state index contributed by atoms with van der Waals surface area (Å²) in [5.41, 5.74) is 0.778. The monoisotopic (exact) mass is 383 g/mol. The molecule has 0 bridgehead atoms. The molecule has 3 N–H and O–H groups in total. The van der Waals surface area contributed by atoms with Gasteiger partial charge in [-0.2, -0.15) is 0 Å². The van der Waals surface area contributed by atoms with Gasteiger partial charge in [0.05, 0.1) is 11.3 Å². The van der Waals surface area contributed by atoms with Crippen LogP contribution in [0.3, 0.4) is 0 Å². The molecule has 8 heteroatoms. The second kappa shape index (κ2) is 10.5. The van der Waals surface area contributed by atoms with Gasteiger partial charge < -0.3 is 15.4 Å². The summed E-state index contributed by atoms with van der Waals surface area (Å²) < 4.78 is 4.94. The van der Waals surface area contributed by atoms with Crippen molar-refractivity contribution in [3.8, 4) is 0 Å². The maximum Gasteiger partial charge on any atom is 0.340 e. The Bertz CT molecular complexity index is 852. The summed E-state index contributed by atoms with van der Waals surface area (Å²) in [6.45, 7) is 1.67. The fraction of sp³-hybridized carbons (Fsp3) is 0.200. The molecule has 146 valence electrons. The highest BCUT2D eigenvalue weighted by atomic mass is 16.5. The third-order valence-corrected chi connectivity index (χ3v) is 3.55. The Morgan fingerprint density at radius 3 is 2.32 bits per heavy atom. The molecular formula is C20H21N3O5. The topological polar surface area (TPSA) is 114 Å². The van der Waals surface area contributed by atoms with Gasteiger partial charge in [-0.05, 0) is 30.7 Å². The maximum absolute atomic E-state index is 12.3. The molecule has 0 aliphatic rings. The van der Waals surface area contributed by atoms with Crippen LogP contribution < -0.4 is 16.0 Å². The van der Waals surface area contributed by atoms with Gasteiger partial charge in [-0.25, -0.2) is 9.59 Å². The molecule has 0 fully saturated rings. The van der Waals surface area contributed by atoms with E-state index in [0.29, 0.717) is 12.1 Å². The van der Waals surface area contributed by atoms with Crippen molar-refractivity contribution in [2.45, 2.75) is 13.3 Å². The first-order valence-corrected chi connectivity index (χ1v) is 8.71. The van der Waals surface area contributed by atoms with Gasteiger partial charge in [0, 0.05) is 12.1 Å². The van der Waals surface area contributed by atoms with Crippen molar-refractivity contribution >= 4 is 29.5 Å². The van der Waals surface area contributed by atoms with Crippen LogP contribution in [0.2, 0.25) is 0 Å². The minimum absolute atomic E-state index is 0.0926. The zero-order valence-electron chi connectivity index (χ0n) is 15.4. The van der Waals surface area contributed by atoms with E-state index in [9.17, 15) is 19.2 Å². The molecule has 0 aromatic heterocycles. The summed E-state index contributed by atoms with van der Waals surface area (Å²) in [4.78, 5) is 47.7. The third kappa shape index (κ3) is 6.24. The Hall–Kier alpha value is -3.68. The minimum Gasteiger partial charge on any atom is -0.452 e. The number of urea groups is 1. The molecule has 0 aliphatic carbocycles. The number of ether oxygens (including phenoxy) is 1. The van der Waals surface area contributed by atoms with Crippen molar-refractivity contribution in [2.75, 3.05) is 18.5 Å². The van der Waals surface area contributed by atoms with Crippen molar-refractivity contribution in [3.63, 3.8) is 0 Å². The lowest BCUT2D eigenvalue weighted by Crippen LogP contribution is -2.41. The molecule has 4 amide bonds. The van der Waals surface area contributed by atoms with E-state index in [1.807, 2.05) is 6.92 Å². The number of hydrogen-bond acceptors (Lipinski definition) is 5. The van der Waals surface area contributed by atoms with E-state index in [-0.39, 0.29) is 17.2 Å². The minimum atomic E-state index is -0.798. The van der Waals surface area contributed by atoms with Crippen molar-refractivity contribution in [3.05, 3.63) is 65.7 Å². The van der Waals surface area contributed by atoms with E-state index in [1.54, 1.807) is 48.5 Å². The highest BCUT2D eigenvalue weighted by molar-refractivity contribution is 6.08. The molecule has 2 rings (SSSR count). The first kappa shape index (κ1) is 20.6. The number of hydrogen-bond donors (Lipinski definition) is 3. The second-order valence-electron chi connectivity index (χ2n) is 5.75. The lowest BCUT2D eigenvalue weighted by molar-refractivity contribution is -0.123. The van der Waals surface area contributed by atoms with Crippen LogP contribution in [-0.4, -0.2) is 37.0 Å². The fourth-order valence-electron chi connectivity index (χ4n) is 2.21. The maximum atomic E-state index is 12.3. The number of nitrogens with one attached hydrogen (secondary N) is 3. The van der Waals surface area contributed by atoms with Crippen LogP contribution in [0.5, 0.6) is 0 Å². The smallest absolute Gasteiger partial charge is 0.340 e. The number of carbonyl (C=O) groups is 4. The normalized spacial score (nSPS) is 9.89. The van der Waals surface area contributed by atoms with Crippen LogP contribution in [0, 0.1) is 0 Å². The Balaban J connectivity index is 1.96. The van der Waals surface area contributed by atoms with Crippen LogP contribution in [0.4, 0.5) is 10.5 Å². The zero-order chi connectivity index (χ0) is 20.4. The van der Waals surface area contributed by atoms with Crippen LogP contribution >= 0.6 is 0 Å². The predicted octanol–water partition coefficient (Wildman–Crippen LogP) is 2.33. The van der Waals surface area contributed by atoms with Crippen LogP contribution in [0.1, 0.15) is 34.1 Å². The summed E-state index contributed by atoms with van der Waals surface area (Å²) in [6, 6.07) is 14.1. The molecule has 8 nitrogen and oxygen atoms in total. The van der Waals surface area contributed by atoms with Gasteiger partial charge in [0.1, 0.15) is 0 Å². The molecule has 0 spiro atoms. The number of esters is 1. The van der Waals surface area contributed by atoms with E-state index in [0.717, 1.165) is 6.42 Å². The summed E-state index contributed by atoms with van der Waals surface area (Å²) in [7, 11) is 0. The molecule has 0 radical (unpaired) electrons. The molecular weight excluding hydrogens is 362 g/mol. The summed E-state index contributed by atoms with van der Waals surface area (Å²) in [5, 5.41) is 7.17. The number of amides is 4. The molecule has 0 saturated carbocycles. The van der Waals surface area contributed by atoms with Gasteiger partial charge >= 0.3 is 12.0 Å². The first-order chi connectivity index (χ1) is 13.5. The lowest BCUT2D eigenvalue weighted by Gasteiger charge is -2.11. The van der Waals surface area contributed by atoms with Gasteiger partial charge in [0.25, 0.3) is 11.8 Å². The fourth-order valence-corrected chi connectivity index (χ4v) is 2.21. The summed E-state index contributed by atoms with van der Waals surface area (Å²) >= 11 is 0. The lowest BCUT2D eigenvalue weighted by atomic mass is 10.1. The molecule has 0 saturated heterocycles. The van der Waals surface area contributed by atoms with Gasteiger partial charge in [-0.3, -0.25) is 14.9 Å². The van der Waals surface area contributed by atoms with Gasteiger partial charge in [-0.15, -0.1) is 0 Å². The third-order valence-electron chi connectivity index (χ3n) is 3.55. The van der Waals surface area contributed by atoms with E-state index >= 15 is 0 Å². The van der Waals surface area contributed by atoms with Crippen molar-refractivity contribution in [2.24, 2.45) is 0 Å². The number of benzene rings is 2. The molecule has 28 heavy (non-hydrogen) atoms. The van der Waals surface area contributed by atoms with E-state index in [2.05, 4.69) is 16.0 Å². The standard InChI is InChI=1S/C20H21N3O5/c1-2-12-21-20(27)23-17(24)13-28-19(26)15-10-6-7-11-16(15)22-18(25)14-8-4-3-5-9-14/h3-11H,2,12-13H2,1H3,(H,22,25)(H2,21,23,24,27). The highest BCUT2D eigenvalue weighted by Gasteiger charge is 2.17. The Morgan fingerprint density at radius 1 is 0.929 bits per heavy atom. The average Bonchev–Trinajstić information content (AvgIpc) is 2.71. The Morgan fingerprint density at radius 2 is 1.61 bits per heavy atom. The second-order valence-corrected chi connectivity index (χ2v) is 5.75. The van der Waals surface area contributed by atoms with Crippen LogP contribution in [0.25, 0.3) is 0 Å². The number of rotatable bonds is 7. The Labute approximate surface area is 162 Å². The quantitative estimate of drug-likeness (QED) is 0.635. The van der Waals surface area contributed by atoms with E-state index < -0.39 is 24.5 Å². The molecule has 2 aromatic rings. The van der Waals surface area contributed by atoms with Crippen LogP contribution in [-0.2, 0) is 9.53 Å². The SMILES string of the molecule is CCCNC(=O)NC(=O)COC(=O)c1ccccc1NC(=O)c1ccccc1. The summed E-state index contributed by atoms with van der Waals surface area (Å²) in [6.07, 6.45) is 0.724. The largest absolute Gasteiger partial charge is 0.452 e. The first-order valence-electron chi connectivity index (χ1n) is 8.71. The van der Waals surface area contributed by atoms with Crippen molar-refractivity contribution in [1.29, 1.82) is 0 Å². The highest BCUT2D eigenvalue weighted by Crippen LogP contribution is 2.17. The zero-order valence-corrected chi connectivity index (χ0v) is 15.4. The molecule has 0 atom stereocenters. The summed E-state index contributed by atoms with van der Waals surface area (Å²) in [5.74, 6) is -1.94. The van der Waals surface area contributed by atoms with Gasteiger partial charge in [0.2, 0.25) is 0 Å². The Kier molecular flexibility index (Phi) is 7.71. The number of carbonyl (C=O) groups excluding carboxylic acids is 4. The molecule has 0 unspecified atom stereocenters. The predicted molar refractivity (Wildman–Crippen MR) is 103 cm³/mol. The van der Waals surface area contributed by atoms with Gasteiger partial charge in [0.15, 0.2) is 6.61 Å². The molecule has 0 heterocycles. The molecule has 0 aliphatic heterocycles. The van der Waals surface area contributed by atoms with Crippen LogP contribution in [0.15, 0.2) is 54.6 Å². The molecule has 2 aromatic carbocycles. The van der Waals surface area contributed by atoms with Crippen molar-refractivity contribution < 1.29 is 23.9 Å². The van der Waals surface area contributed by atoms with Gasteiger partial charge in [-0.1, -0.05) is 37.3 Å².